The lowest BCUT2D eigenvalue weighted by Gasteiger charge is -2.40. The largest absolute Gasteiger partial charge is 0.444 e. The van der Waals surface area contributed by atoms with Gasteiger partial charge in [-0.15, -0.1) is 0 Å². The Kier molecular flexibility index (Phi) is 9.36. The van der Waals surface area contributed by atoms with Crippen molar-refractivity contribution < 1.29 is 18.8 Å². The highest BCUT2D eigenvalue weighted by molar-refractivity contribution is 5.93. The first-order chi connectivity index (χ1) is 23.2. The number of ether oxygens (including phenoxy) is 1. The molecule has 0 radical (unpaired) electrons. The maximum atomic E-state index is 12.9. The molecule has 12 heteroatoms. The van der Waals surface area contributed by atoms with Crippen LogP contribution in [0.3, 0.4) is 0 Å². The van der Waals surface area contributed by atoms with Gasteiger partial charge in [-0.3, -0.25) is 9.69 Å². The molecule has 49 heavy (non-hydrogen) atoms. The molecule has 3 aromatic heterocycles. The molecule has 1 saturated heterocycles. The smallest absolute Gasteiger partial charge is 0.410 e. The van der Waals surface area contributed by atoms with Gasteiger partial charge >= 0.3 is 17.9 Å². The molecule has 1 fully saturated rings. The topological polar surface area (TPSA) is 142 Å². The van der Waals surface area contributed by atoms with Gasteiger partial charge in [0.05, 0.1) is 11.7 Å². The van der Waals surface area contributed by atoms with Gasteiger partial charge in [0.25, 0.3) is 0 Å². The van der Waals surface area contributed by atoms with Crippen LogP contribution in [0.5, 0.6) is 0 Å². The number of aryl methyl sites for hydroxylation is 1. The molecular weight excluding hydrogens is 620 g/mol. The zero-order valence-corrected chi connectivity index (χ0v) is 29.9. The number of fused-ring (bicyclic) bond motifs is 1. The number of nitrogens with zero attached hydrogens (tertiary/aromatic N) is 6. The van der Waals surface area contributed by atoms with Gasteiger partial charge in [-0.2, -0.15) is 4.98 Å². The monoisotopic (exact) mass is 668 g/mol. The van der Waals surface area contributed by atoms with Crippen molar-refractivity contribution in [2.75, 3.05) is 26.2 Å². The Morgan fingerprint density at radius 2 is 1.82 bits per heavy atom. The fourth-order valence-electron chi connectivity index (χ4n) is 6.61. The lowest BCUT2D eigenvalue weighted by Crippen LogP contribution is -2.48. The van der Waals surface area contributed by atoms with Crippen LogP contribution in [0.15, 0.2) is 41.2 Å². The minimum Gasteiger partial charge on any atom is -0.444 e. The Bertz CT molecular complexity index is 1870. The number of hydrogen-bond acceptors (Lipinski definition) is 9. The molecule has 2 amide bonds. The van der Waals surface area contributed by atoms with Crippen LogP contribution in [0.25, 0.3) is 27.9 Å². The molecule has 2 aliphatic heterocycles. The Hall–Kier alpha value is -4.58. The summed E-state index contributed by atoms with van der Waals surface area (Å²) in [5.41, 5.74) is 6.20. The lowest BCUT2D eigenvalue weighted by molar-refractivity contribution is 0.0149. The first kappa shape index (κ1) is 34.3. The summed E-state index contributed by atoms with van der Waals surface area (Å²) in [4.78, 5) is 46.8. The fourth-order valence-corrected chi connectivity index (χ4v) is 6.61. The number of H-pyrrole nitrogens is 1. The van der Waals surface area contributed by atoms with Gasteiger partial charge in [0.2, 0.25) is 0 Å². The first-order valence-electron chi connectivity index (χ1n) is 17.2. The molecule has 2 aliphatic rings. The van der Waals surface area contributed by atoms with E-state index in [0.29, 0.717) is 11.9 Å². The van der Waals surface area contributed by atoms with Crippen LogP contribution in [-0.4, -0.2) is 84.7 Å². The molecule has 6 rings (SSSR count). The first-order valence-corrected chi connectivity index (χ1v) is 17.2. The normalized spacial score (nSPS) is 17.2. The van der Waals surface area contributed by atoms with Crippen LogP contribution in [0.4, 0.5) is 4.79 Å². The van der Waals surface area contributed by atoms with E-state index < -0.39 is 11.5 Å². The number of likely N-dealkylation sites (tertiary alicyclic amines) is 1. The summed E-state index contributed by atoms with van der Waals surface area (Å²) in [5, 5.41) is 7.92. The van der Waals surface area contributed by atoms with Crippen molar-refractivity contribution in [3.8, 4) is 11.3 Å². The third-order valence-corrected chi connectivity index (χ3v) is 9.29. The van der Waals surface area contributed by atoms with Gasteiger partial charge in [-0.25, -0.2) is 14.8 Å². The summed E-state index contributed by atoms with van der Waals surface area (Å²) >= 11 is 0. The molecular formula is C37H48N8O4. The summed E-state index contributed by atoms with van der Waals surface area (Å²) in [6.07, 6.45) is 6.53. The number of carbonyl (C=O) groups excluding carboxylic acids is 2. The zero-order valence-electron chi connectivity index (χ0n) is 29.9. The second kappa shape index (κ2) is 13.4. The third kappa shape index (κ3) is 7.69. The maximum absolute atomic E-state index is 12.9. The minimum absolute atomic E-state index is 0.0425. The predicted molar refractivity (Wildman–Crippen MR) is 188 cm³/mol. The van der Waals surface area contributed by atoms with E-state index in [1.165, 1.54) is 5.57 Å². The van der Waals surface area contributed by atoms with E-state index >= 15 is 0 Å². The SMILES string of the molecule is Cc1cc(-c2ncnc3[nH]c(C4=CCN(C5CCN(C(=O)OC(C)(C)C)CC5)CC4)cc23)ccc1[C@@H](C)NC(=O)c1nc(C(C)(C)C)no1. The minimum atomic E-state index is -0.477. The van der Waals surface area contributed by atoms with Crippen molar-refractivity contribution in [1.29, 1.82) is 0 Å². The highest BCUT2D eigenvalue weighted by Gasteiger charge is 2.31. The molecule has 0 aliphatic carbocycles. The van der Waals surface area contributed by atoms with E-state index in [9.17, 15) is 9.59 Å². The Morgan fingerprint density at radius 1 is 1.06 bits per heavy atom. The molecule has 260 valence electrons. The van der Waals surface area contributed by atoms with Crippen molar-refractivity contribution in [1.82, 2.24) is 40.2 Å². The second-order valence-electron chi connectivity index (χ2n) is 15.3. The number of hydrogen-bond donors (Lipinski definition) is 2. The summed E-state index contributed by atoms with van der Waals surface area (Å²) in [7, 11) is 0. The zero-order chi connectivity index (χ0) is 35.1. The molecule has 0 unspecified atom stereocenters. The third-order valence-electron chi connectivity index (χ3n) is 9.29. The standard InChI is InChI=1S/C37H48N8O4/c1-22-19-25(9-10-27(22)23(2)40-32(46)33-42-34(43-49-33)36(3,4)5)30-28-20-29(41-31(28)39-21-38-30)24-11-15-44(16-12-24)26-13-17-45(18-14-26)35(47)48-37(6,7)8/h9-11,19-21,23,26H,12-18H2,1-8H3,(H,40,46)(H,38,39,41)/t23-/m1/s1. The number of carbonyl (C=O) groups is 2. The van der Waals surface area contributed by atoms with E-state index in [4.69, 9.17) is 9.26 Å². The van der Waals surface area contributed by atoms with Gasteiger partial charge in [0.15, 0.2) is 5.82 Å². The molecule has 1 atom stereocenters. The summed E-state index contributed by atoms with van der Waals surface area (Å²) in [5.74, 6) is 0.0461. The number of amides is 2. The van der Waals surface area contributed by atoms with Crippen LogP contribution in [0, 0.1) is 6.92 Å². The van der Waals surface area contributed by atoms with Crippen LogP contribution >= 0.6 is 0 Å². The quantitative estimate of drug-likeness (QED) is 0.233. The van der Waals surface area contributed by atoms with E-state index in [1.54, 1.807) is 6.33 Å². The van der Waals surface area contributed by atoms with Gasteiger partial charge in [-0.05, 0) is 82.7 Å². The van der Waals surface area contributed by atoms with E-state index in [0.717, 1.165) is 84.6 Å². The maximum Gasteiger partial charge on any atom is 0.410 e. The van der Waals surface area contributed by atoms with Crippen LogP contribution in [0.2, 0.25) is 0 Å². The summed E-state index contributed by atoms with van der Waals surface area (Å²) in [6.45, 7) is 18.9. The molecule has 0 spiro atoms. The lowest BCUT2D eigenvalue weighted by atomic mass is 9.96. The molecule has 1 aromatic carbocycles. The van der Waals surface area contributed by atoms with Gasteiger partial charge in [0, 0.05) is 54.3 Å². The van der Waals surface area contributed by atoms with E-state index in [2.05, 4.69) is 53.5 Å². The van der Waals surface area contributed by atoms with Crippen molar-refractivity contribution in [3.05, 3.63) is 65.2 Å². The second-order valence-corrected chi connectivity index (χ2v) is 15.3. The molecule has 0 bridgehead atoms. The Morgan fingerprint density at radius 3 is 2.45 bits per heavy atom. The highest BCUT2D eigenvalue weighted by Crippen LogP contribution is 2.33. The Labute approximate surface area is 287 Å². The highest BCUT2D eigenvalue weighted by atomic mass is 16.6. The number of benzene rings is 1. The van der Waals surface area contributed by atoms with Crippen molar-refractivity contribution >= 4 is 28.6 Å². The number of piperidine rings is 1. The van der Waals surface area contributed by atoms with E-state index in [1.807, 2.05) is 72.4 Å². The summed E-state index contributed by atoms with van der Waals surface area (Å²) in [6, 6.07) is 8.51. The van der Waals surface area contributed by atoms with Crippen molar-refractivity contribution in [2.24, 2.45) is 0 Å². The average Bonchev–Trinajstić information content (AvgIpc) is 3.73. The van der Waals surface area contributed by atoms with E-state index in [-0.39, 0.29) is 23.4 Å². The number of aromatic nitrogens is 5. The molecule has 2 N–H and O–H groups in total. The number of aromatic amines is 1. The average molecular weight is 669 g/mol. The number of nitrogens with one attached hydrogen (secondary N) is 2. The van der Waals surface area contributed by atoms with Crippen molar-refractivity contribution in [2.45, 2.75) is 97.8 Å². The van der Waals surface area contributed by atoms with Crippen molar-refractivity contribution in [3.63, 3.8) is 0 Å². The van der Waals surface area contributed by atoms with Crippen LogP contribution in [-0.2, 0) is 10.2 Å². The van der Waals surface area contributed by atoms with Gasteiger partial charge in [0.1, 0.15) is 17.6 Å². The molecule has 12 nitrogen and oxygen atoms in total. The summed E-state index contributed by atoms with van der Waals surface area (Å²) < 4.78 is 10.8. The predicted octanol–water partition coefficient (Wildman–Crippen LogP) is 6.59. The molecule has 0 saturated carbocycles. The van der Waals surface area contributed by atoms with Gasteiger partial charge in [-0.1, -0.05) is 44.1 Å². The van der Waals surface area contributed by atoms with Crippen LogP contribution < -0.4 is 5.32 Å². The fraction of sp³-hybridized carbons (Fsp3) is 0.514. The van der Waals surface area contributed by atoms with Crippen LogP contribution in [0.1, 0.15) is 107 Å². The molecule has 5 heterocycles. The number of rotatable bonds is 6. The Balaban J connectivity index is 1.11. The van der Waals surface area contributed by atoms with Gasteiger partial charge < -0.3 is 24.5 Å². The molecule has 4 aromatic rings.